The summed E-state index contributed by atoms with van der Waals surface area (Å²) in [6, 6.07) is 7.26. The van der Waals surface area contributed by atoms with Gasteiger partial charge in [0.25, 0.3) is 11.0 Å². The largest absolute Gasteiger partial charge is 0.456 e. The second kappa shape index (κ2) is 15.9. The molecule has 1 aromatic carbocycles. The average molecular weight is 647 g/mol. The molecule has 0 spiro atoms. The molecule has 0 radical (unpaired) electrons. The highest BCUT2D eigenvalue weighted by Crippen LogP contribution is 2.69. The van der Waals surface area contributed by atoms with Crippen LogP contribution in [0.25, 0.3) is 0 Å². The van der Waals surface area contributed by atoms with Crippen molar-refractivity contribution < 1.29 is 48.1 Å². The van der Waals surface area contributed by atoms with Crippen LogP contribution >= 0.6 is 38.4 Å². The van der Waals surface area contributed by atoms with Crippen LogP contribution in [0.4, 0.5) is 5.69 Å². The SMILES string of the molecule is O=C(CCCc1ccc(N(CCCl)CCCl)cc1)OCC(=O)N1CCCCC1CCC(O)(P(=O)(O)O)P(=O)(O)O. The third kappa shape index (κ3) is 9.96. The summed E-state index contributed by atoms with van der Waals surface area (Å²) < 4.78 is 28.4. The van der Waals surface area contributed by atoms with Gasteiger partial charge in [0.15, 0.2) is 6.61 Å². The molecule has 0 bridgehead atoms. The van der Waals surface area contributed by atoms with Crippen molar-refractivity contribution in [1.82, 2.24) is 4.90 Å². The van der Waals surface area contributed by atoms with Gasteiger partial charge in [0.1, 0.15) is 0 Å². The van der Waals surface area contributed by atoms with Crippen molar-refractivity contribution in [2.24, 2.45) is 0 Å². The molecule has 1 unspecified atom stereocenters. The molecule has 1 heterocycles. The Kier molecular flexibility index (Phi) is 13.9. The number of carbonyl (C=O) groups excluding carboxylic acids is 2. The van der Waals surface area contributed by atoms with Crippen molar-refractivity contribution in [2.75, 3.05) is 42.9 Å². The average Bonchev–Trinajstić information content (AvgIpc) is 2.89. The number of anilines is 1. The van der Waals surface area contributed by atoms with Crippen molar-refractivity contribution in [3.63, 3.8) is 0 Å². The van der Waals surface area contributed by atoms with Crippen LogP contribution in [0.1, 0.15) is 50.5 Å². The lowest BCUT2D eigenvalue weighted by molar-refractivity contribution is -0.153. The molecular weight excluding hydrogens is 609 g/mol. The third-order valence-corrected chi connectivity index (χ3v) is 11.1. The number of aryl methyl sites for hydroxylation is 1. The van der Waals surface area contributed by atoms with Crippen molar-refractivity contribution >= 4 is 56.0 Å². The monoisotopic (exact) mass is 646 g/mol. The Labute approximate surface area is 243 Å². The van der Waals surface area contributed by atoms with E-state index in [0.717, 1.165) is 11.3 Å². The van der Waals surface area contributed by atoms with E-state index in [4.69, 9.17) is 27.9 Å². The number of alkyl halides is 2. The summed E-state index contributed by atoms with van der Waals surface area (Å²) in [5, 5.41) is 6.62. The predicted octanol–water partition coefficient (Wildman–Crippen LogP) is 3.00. The number of nitrogens with zero attached hydrogens (tertiary/aromatic N) is 2. The number of hydrogen-bond acceptors (Lipinski definition) is 7. The first-order valence-electron chi connectivity index (χ1n) is 13.0. The van der Waals surface area contributed by atoms with E-state index in [0.29, 0.717) is 57.0 Å². The van der Waals surface area contributed by atoms with Gasteiger partial charge in [-0.3, -0.25) is 18.7 Å². The van der Waals surface area contributed by atoms with Crippen molar-refractivity contribution in [2.45, 2.75) is 62.5 Å². The maximum Gasteiger partial charge on any atom is 0.369 e. The molecule has 0 saturated carbocycles. The Morgan fingerprint density at radius 2 is 1.62 bits per heavy atom. The van der Waals surface area contributed by atoms with Gasteiger partial charge in [-0.1, -0.05) is 12.1 Å². The number of carbonyl (C=O) groups is 2. The van der Waals surface area contributed by atoms with Crippen LogP contribution in [-0.2, 0) is 29.9 Å². The highest BCUT2D eigenvalue weighted by molar-refractivity contribution is 7.72. The van der Waals surface area contributed by atoms with E-state index in [1.807, 2.05) is 24.3 Å². The predicted molar refractivity (Wildman–Crippen MR) is 152 cm³/mol. The topological polar surface area (TPSA) is 185 Å². The van der Waals surface area contributed by atoms with E-state index in [1.54, 1.807) is 0 Å². The van der Waals surface area contributed by atoms with Crippen molar-refractivity contribution in [3.05, 3.63) is 29.8 Å². The summed E-state index contributed by atoms with van der Waals surface area (Å²) in [6.45, 7) is 1.12. The van der Waals surface area contributed by atoms with Gasteiger partial charge in [0.2, 0.25) is 0 Å². The van der Waals surface area contributed by atoms with Gasteiger partial charge in [-0.05, 0) is 56.2 Å². The molecule has 1 amide bonds. The second-order valence-electron chi connectivity index (χ2n) is 9.68. The van der Waals surface area contributed by atoms with E-state index in [-0.39, 0.29) is 19.4 Å². The Morgan fingerprint density at radius 1 is 1.02 bits per heavy atom. The highest BCUT2D eigenvalue weighted by Gasteiger charge is 2.59. The quantitative estimate of drug-likeness (QED) is 0.101. The summed E-state index contributed by atoms with van der Waals surface area (Å²) in [7, 11) is -11.2. The maximum atomic E-state index is 12.8. The first-order chi connectivity index (χ1) is 18.7. The minimum absolute atomic E-state index is 0.0979. The number of amides is 1. The summed E-state index contributed by atoms with van der Waals surface area (Å²) in [6.07, 6.45) is 1.81. The highest BCUT2D eigenvalue weighted by atomic mass is 35.5. The number of hydrogen-bond donors (Lipinski definition) is 5. The lowest BCUT2D eigenvalue weighted by atomic mass is 9.98. The molecule has 1 aromatic rings. The Balaban J connectivity index is 1.84. The molecule has 16 heteroatoms. The first kappa shape index (κ1) is 35.0. The van der Waals surface area contributed by atoms with Gasteiger partial charge in [-0.25, -0.2) is 0 Å². The number of esters is 1. The smallest absolute Gasteiger partial charge is 0.369 e. The van der Waals surface area contributed by atoms with Crippen LogP contribution in [0.15, 0.2) is 24.3 Å². The summed E-state index contributed by atoms with van der Waals surface area (Å²) in [5.41, 5.74) is 2.04. The molecule has 1 atom stereocenters. The fraction of sp³-hybridized carbons (Fsp3) is 0.667. The Hall–Kier alpha value is -1.20. The number of ether oxygens (including phenoxy) is 1. The van der Waals surface area contributed by atoms with Gasteiger partial charge in [-0.2, -0.15) is 0 Å². The van der Waals surface area contributed by atoms with Crippen LogP contribution in [0.3, 0.4) is 0 Å². The standard InChI is InChI=1S/C24H38Cl2N2O10P2/c25-13-16-27(17-14-26)20-9-7-19(8-10-20)4-3-6-23(30)38-18-22(29)28-15-2-1-5-21(28)11-12-24(31,39(32,33)34)40(35,36)37/h7-10,21,31H,1-6,11-18H2,(H2,32,33,34)(H2,35,36,37). The molecule has 5 N–H and O–H groups in total. The molecule has 228 valence electrons. The number of halogens is 2. The molecule has 1 saturated heterocycles. The molecule has 12 nitrogen and oxygen atoms in total. The van der Waals surface area contributed by atoms with Gasteiger partial charge < -0.3 is 39.2 Å². The molecule has 0 aliphatic carbocycles. The fourth-order valence-electron chi connectivity index (χ4n) is 4.63. The zero-order chi connectivity index (χ0) is 30.0. The summed E-state index contributed by atoms with van der Waals surface area (Å²) in [4.78, 5) is 65.9. The first-order valence-corrected chi connectivity index (χ1v) is 17.3. The van der Waals surface area contributed by atoms with E-state index < -0.39 is 51.2 Å². The lowest BCUT2D eigenvalue weighted by Gasteiger charge is -2.38. The number of rotatable bonds is 16. The zero-order valence-corrected chi connectivity index (χ0v) is 25.4. The second-order valence-corrected chi connectivity index (χ2v) is 14.4. The molecule has 1 aliphatic rings. The minimum Gasteiger partial charge on any atom is -0.456 e. The van der Waals surface area contributed by atoms with Crippen LogP contribution in [0.5, 0.6) is 0 Å². The molecule has 1 aliphatic heterocycles. The van der Waals surface area contributed by atoms with E-state index >= 15 is 0 Å². The van der Waals surface area contributed by atoms with Crippen LogP contribution in [0, 0.1) is 0 Å². The third-order valence-electron chi connectivity index (χ3n) is 6.91. The van der Waals surface area contributed by atoms with Crippen LogP contribution < -0.4 is 4.90 Å². The molecular formula is C24H38Cl2N2O10P2. The van der Waals surface area contributed by atoms with Gasteiger partial charge in [0.05, 0.1) is 0 Å². The number of benzene rings is 1. The number of piperidine rings is 1. The number of aliphatic hydroxyl groups is 1. The van der Waals surface area contributed by atoms with Gasteiger partial charge in [0, 0.05) is 56.0 Å². The van der Waals surface area contributed by atoms with E-state index in [9.17, 15) is 43.4 Å². The molecule has 0 aromatic heterocycles. The van der Waals surface area contributed by atoms with E-state index in [1.165, 1.54) is 4.90 Å². The summed E-state index contributed by atoms with van der Waals surface area (Å²) >= 11 is 11.7. The van der Waals surface area contributed by atoms with E-state index in [2.05, 4.69) is 4.90 Å². The Morgan fingerprint density at radius 3 is 2.17 bits per heavy atom. The van der Waals surface area contributed by atoms with Crippen molar-refractivity contribution in [1.29, 1.82) is 0 Å². The van der Waals surface area contributed by atoms with Gasteiger partial charge in [-0.15, -0.1) is 23.2 Å². The summed E-state index contributed by atoms with van der Waals surface area (Å²) in [5.74, 6) is -0.106. The lowest BCUT2D eigenvalue weighted by Crippen LogP contribution is -2.46. The Bertz CT molecular complexity index is 1040. The zero-order valence-electron chi connectivity index (χ0n) is 22.1. The molecule has 40 heavy (non-hydrogen) atoms. The maximum absolute atomic E-state index is 12.8. The normalized spacial score (nSPS) is 16.6. The van der Waals surface area contributed by atoms with Crippen molar-refractivity contribution in [3.8, 4) is 0 Å². The number of likely N-dealkylation sites (tertiary alicyclic amines) is 1. The van der Waals surface area contributed by atoms with Crippen LogP contribution in [0.2, 0.25) is 0 Å². The fourth-order valence-corrected chi connectivity index (χ4v) is 7.24. The van der Waals surface area contributed by atoms with Gasteiger partial charge >= 0.3 is 21.2 Å². The minimum atomic E-state index is -5.58. The molecule has 1 fully saturated rings. The van der Waals surface area contributed by atoms with Crippen LogP contribution in [-0.4, -0.2) is 90.6 Å². The molecule has 2 rings (SSSR count).